The average Bonchev–Trinajstić information content (AvgIpc) is 3.09. The zero-order valence-electron chi connectivity index (χ0n) is 30.7. The van der Waals surface area contributed by atoms with Crippen LogP contribution in [0.2, 0.25) is 0 Å². The number of ether oxygens (including phenoxy) is 2. The number of phenols is 1. The van der Waals surface area contributed by atoms with Gasteiger partial charge in [0.15, 0.2) is 11.5 Å². The Bertz CT molecular complexity index is 1780. The topological polar surface area (TPSA) is 173 Å². The van der Waals surface area contributed by atoms with Gasteiger partial charge in [-0.1, -0.05) is 108 Å². The van der Waals surface area contributed by atoms with Crippen LogP contribution in [0.4, 0.5) is 0 Å². The molecule has 0 amide bonds. The van der Waals surface area contributed by atoms with E-state index in [2.05, 4.69) is 13.8 Å². The molecule has 0 aliphatic carbocycles. The van der Waals surface area contributed by atoms with Crippen LogP contribution in [-0.2, 0) is 33.1 Å². The molecule has 0 unspecified atom stereocenters. The SMILES string of the molecule is CCCCCCCCc1cccc(Oc2ccc(S(=O)(=O)O)cc2O)c1.CCCCCCCCc1cccc(Oc2ccc(S(=O)(=O)[O-])cc2[O-])c1.[Ca+2]. The quantitative estimate of drug-likeness (QED) is 0.0499. The van der Waals surface area contributed by atoms with Crippen molar-refractivity contribution in [1.82, 2.24) is 0 Å². The van der Waals surface area contributed by atoms with Gasteiger partial charge < -0.3 is 24.2 Å². The van der Waals surface area contributed by atoms with E-state index in [1.54, 1.807) is 12.1 Å². The van der Waals surface area contributed by atoms with Gasteiger partial charge in [0.2, 0.25) is 0 Å². The van der Waals surface area contributed by atoms with Gasteiger partial charge in [0.05, 0.1) is 9.79 Å². The van der Waals surface area contributed by atoms with Crippen molar-refractivity contribution in [2.45, 2.75) is 114 Å². The molecule has 4 aromatic rings. The first-order valence-electron chi connectivity index (χ1n) is 17.9. The Balaban J connectivity index is 0.000000360. The van der Waals surface area contributed by atoms with Crippen LogP contribution in [0.1, 0.15) is 102 Å². The molecule has 13 heteroatoms. The molecule has 0 heterocycles. The minimum atomic E-state index is -4.65. The van der Waals surface area contributed by atoms with Crippen LogP contribution in [0.25, 0.3) is 0 Å². The molecule has 0 bridgehead atoms. The summed E-state index contributed by atoms with van der Waals surface area (Å²) in [6.07, 6.45) is 16.7. The van der Waals surface area contributed by atoms with Crippen molar-refractivity contribution in [3.8, 4) is 34.5 Å². The fraction of sp³-hybridized carbons (Fsp3) is 0.400. The summed E-state index contributed by atoms with van der Waals surface area (Å²) in [5.41, 5.74) is 2.29. The van der Waals surface area contributed by atoms with Crippen LogP contribution in [0.15, 0.2) is 94.7 Å². The van der Waals surface area contributed by atoms with E-state index in [0.29, 0.717) is 11.5 Å². The zero-order valence-corrected chi connectivity index (χ0v) is 34.5. The summed E-state index contributed by atoms with van der Waals surface area (Å²) in [4.78, 5) is -0.925. The van der Waals surface area contributed by atoms with Crippen molar-refractivity contribution in [2.24, 2.45) is 0 Å². The summed E-state index contributed by atoms with van der Waals surface area (Å²) in [6, 6.07) is 21.7. The maximum atomic E-state index is 11.9. The molecule has 0 aliphatic heterocycles. The molecule has 0 fully saturated rings. The smallest absolute Gasteiger partial charge is 0.870 e. The maximum Gasteiger partial charge on any atom is 2.00 e. The van der Waals surface area contributed by atoms with Gasteiger partial charge in [-0.15, -0.1) is 0 Å². The Morgan fingerprint density at radius 3 is 1.49 bits per heavy atom. The van der Waals surface area contributed by atoms with E-state index in [1.165, 1.54) is 82.4 Å². The van der Waals surface area contributed by atoms with Crippen LogP contribution >= 0.6 is 0 Å². The number of aryl methyl sites for hydroxylation is 2. The van der Waals surface area contributed by atoms with Crippen LogP contribution in [0.5, 0.6) is 34.5 Å². The van der Waals surface area contributed by atoms with E-state index in [4.69, 9.17) is 14.0 Å². The molecule has 0 aromatic heterocycles. The van der Waals surface area contributed by atoms with E-state index >= 15 is 0 Å². The van der Waals surface area contributed by atoms with Gasteiger partial charge in [-0.3, -0.25) is 4.55 Å². The molecule has 0 spiro atoms. The largest absolute Gasteiger partial charge is 2.00 e. The number of rotatable bonds is 20. The summed E-state index contributed by atoms with van der Waals surface area (Å²) in [6.45, 7) is 4.41. The minimum absolute atomic E-state index is 0. The summed E-state index contributed by atoms with van der Waals surface area (Å²) in [7, 11) is -9.00. The van der Waals surface area contributed by atoms with Gasteiger partial charge in [0.25, 0.3) is 10.1 Å². The van der Waals surface area contributed by atoms with Crippen LogP contribution in [0.3, 0.4) is 0 Å². The molecule has 2 N–H and O–H groups in total. The molecule has 0 saturated carbocycles. The third-order valence-electron chi connectivity index (χ3n) is 8.32. The molecule has 10 nitrogen and oxygen atoms in total. The van der Waals surface area contributed by atoms with Crippen molar-refractivity contribution in [1.29, 1.82) is 0 Å². The van der Waals surface area contributed by atoms with E-state index in [-0.39, 0.29) is 59.9 Å². The molecule has 4 rings (SSSR count). The average molecular weight is 795 g/mol. The van der Waals surface area contributed by atoms with Gasteiger partial charge in [-0.05, 0) is 91.4 Å². The molecule has 0 atom stereocenters. The summed E-state index contributed by atoms with van der Waals surface area (Å²) in [5, 5.41) is 21.9. The van der Waals surface area contributed by atoms with Crippen molar-refractivity contribution in [2.75, 3.05) is 0 Å². The Morgan fingerprint density at radius 1 is 0.585 bits per heavy atom. The van der Waals surface area contributed by atoms with Crippen LogP contribution in [-0.4, -0.2) is 68.8 Å². The molecular formula is C40H50CaO10S2. The second kappa shape index (κ2) is 23.8. The number of aromatic hydroxyl groups is 1. The Labute approximate surface area is 345 Å². The predicted molar refractivity (Wildman–Crippen MR) is 205 cm³/mol. The molecule has 4 aromatic carbocycles. The van der Waals surface area contributed by atoms with E-state index < -0.39 is 30.9 Å². The van der Waals surface area contributed by atoms with Gasteiger partial charge in [0, 0.05) is 6.07 Å². The third kappa shape index (κ3) is 17.4. The monoisotopic (exact) mass is 794 g/mol. The van der Waals surface area contributed by atoms with Gasteiger partial charge in [0.1, 0.15) is 27.4 Å². The number of phenolic OH excluding ortho intramolecular Hbond substituents is 1. The van der Waals surface area contributed by atoms with Gasteiger partial charge in [-0.2, -0.15) is 8.42 Å². The first-order valence-corrected chi connectivity index (χ1v) is 20.8. The normalized spacial score (nSPS) is 11.2. The Morgan fingerprint density at radius 2 is 1.04 bits per heavy atom. The molecule has 284 valence electrons. The van der Waals surface area contributed by atoms with Crippen molar-refractivity contribution >= 4 is 58.0 Å². The fourth-order valence-corrected chi connectivity index (χ4v) is 6.46. The molecule has 53 heavy (non-hydrogen) atoms. The second-order valence-corrected chi connectivity index (χ2v) is 15.5. The van der Waals surface area contributed by atoms with Crippen LogP contribution in [0, 0.1) is 0 Å². The Hall–Kier alpha value is -2.84. The van der Waals surface area contributed by atoms with Crippen LogP contribution < -0.4 is 14.6 Å². The van der Waals surface area contributed by atoms with Crippen molar-refractivity contribution in [3.63, 3.8) is 0 Å². The predicted octanol–water partition coefficient (Wildman–Crippen LogP) is 9.31. The Kier molecular flexibility index (Phi) is 20.8. The van der Waals surface area contributed by atoms with Gasteiger partial charge in [-0.25, -0.2) is 8.42 Å². The van der Waals surface area contributed by atoms with E-state index in [0.717, 1.165) is 55.0 Å². The standard InChI is InChI=1S/2C20H26O5S.Ca/c2*1-2-3-4-5-6-7-9-16-10-8-11-17(14-16)25-20-13-12-18(15-19(20)21)26(22,23)24;/h2*8,10-15,21H,2-7,9H2,1H3,(H,22,23,24);/q;;+2/p-2. The first-order chi connectivity index (χ1) is 24.8. The fourth-order valence-electron chi connectivity index (χ4n) is 5.47. The van der Waals surface area contributed by atoms with E-state index in [9.17, 15) is 31.6 Å². The maximum absolute atomic E-state index is 11.9. The number of benzene rings is 4. The molecule has 0 saturated heterocycles. The zero-order chi connectivity index (χ0) is 38.0. The third-order valence-corrected chi connectivity index (χ3v) is 10.0. The summed E-state index contributed by atoms with van der Waals surface area (Å²) >= 11 is 0. The summed E-state index contributed by atoms with van der Waals surface area (Å²) in [5.74, 6) is 0.236. The first kappa shape index (κ1) is 46.3. The second-order valence-electron chi connectivity index (χ2n) is 12.7. The number of hydrogen-bond acceptors (Lipinski definition) is 9. The molecular weight excluding hydrogens is 745 g/mol. The van der Waals surface area contributed by atoms with Gasteiger partial charge >= 0.3 is 37.7 Å². The van der Waals surface area contributed by atoms with E-state index in [1.807, 2.05) is 36.4 Å². The molecule has 0 aliphatic rings. The van der Waals surface area contributed by atoms with Crippen molar-refractivity contribution in [3.05, 3.63) is 96.1 Å². The minimum Gasteiger partial charge on any atom is -0.870 e. The number of unbranched alkanes of at least 4 members (excludes halogenated alkanes) is 10. The summed E-state index contributed by atoms with van der Waals surface area (Å²) < 4.78 is 75.2. The van der Waals surface area contributed by atoms with Crippen molar-refractivity contribution < 1.29 is 45.6 Å². The molecule has 0 radical (unpaired) electrons. The number of hydrogen-bond donors (Lipinski definition) is 2.